The van der Waals surface area contributed by atoms with Crippen LogP contribution in [0.3, 0.4) is 0 Å². The SMILES string of the molecule is O=C1NC(=Nc2ccccc2)S[C@H]1c1ccc(-c2ccc(Br)cc2)o1. The van der Waals surface area contributed by atoms with Gasteiger partial charge in [-0.15, -0.1) is 0 Å². The number of nitrogens with zero attached hydrogens (tertiary/aromatic N) is 1. The molecule has 0 saturated carbocycles. The summed E-state index contributed by atoms with van der Waals surface area (Å²) >= 11 is 4.78. The summed E-state index contributed by atoms with van der Waals surface area (Å²) in [5.74, 6) is 1.25. The number of thioether (sulfide) groups is 1. The number of carbonyl (C=O) groups excluding carboxylic acids is 1. The van der Waals surface area contributed by atoms with Crippen LogP contribution in [0.4, 0.5) is 5.69 Å². The number of amides is 1. The molecule has 1 saturated heterocycles. The molecule has 0 aliphatic carbocycles. The van der Waals surface area contributed by atoms with Crippen molar-refractivity contribution in [1.82, 2.24) is 5.32 Å². The molecule has 0 bridgehead atoms. The van der Waals surface area contributed by atoms with Gasteiger partial charge < -0.3 is 9.73 Å². The van der Waals surface area contributed by atoms with Gasteiger partial charge in [0.2, 0.25) is 5.91 Å². The van der Waals surface area contributed by atoms with E-state index in [4.69, 9.17) is 4.42 Å². The van der Waals surface area contributed by atoms with E-state index in [0.717, 1.165) is 21.5 Å². The lowest BCUT2D eigenvalue weighted by Gasteiger charge is -2.01. The fraction of sp³-hybridized carbons (Fsp3) is 0.0526. The number of nitrogens with one attached hydrogen (secondary N) is 1. The number of hydrogen-bond donors (Lipinski definition) is 1. The molecule has 124 valence electrons. The highest BCUT2D eigenvalue weighted by Gasteiger charge is 2.34. The predicted molar refractivity (Wildman–Crippen MR) is 104 cm³/mol. The van der Waals surface area contributed by atoms with Crippen LogP contribution in [0, 0.1) is 0 Å². The Balaban J connectivity index is 1.55. The summed E-state index contributed by atoms with van der Waals surface area (Å²) in [5, 5.41) is 2.98. The summed E-state index contributed by atoms with van der Waals surface area (Å²) in [6, 6.07) is 21.1. The largest absolute Gasteiger partial charge is 0.459 e. The molecule has 0 unspecified atom stereocenters. The molecular weight excluding hydrogens is 400 g/mol. The summed E-state index contributed by atoms with van der Waals surface area (Å²) in [7, 11) is 0. The van der Waals surface area contributed by atoms with Crippen LogP contribution in [0.25, 0.3) is 11.3 Å². The highest BCUT2D eigenvalue weighted by Crippen LogP contribution is 2.37. The Morgan fingerprint density at radius 3 is 2.52 bits per heavy atom. The number of rotatable bonds is 3. The van der Waals surface area contributed by atoms with Gasteiger partial charge in [0.1, 0.15) is 16.8 Å². The van der Waals surface area contributed by atoms with E-state index in [1.165, 1.54) is 11.8 Å². The molecule has 3 aromatic rings. The topological polar surface area (TPSA) is 54.6 Å². The van der Waals surface area contributed by atoms with Crippen molar-refractivity contribution in [2.24, 2.45) is 4.99 Å². The second-order valence-corrected chi connectivity index (χ2v) is 7.46. The molecule has 1 aromatic heterocycles. The smallest absolute Gasteiger partial charge is 0.247 e. The molecule has 4 nitrogen and oxygen atoms in total. The molecule has 6 heteroatoms. The lowest BCUT2D eigenvalue weighted by Crippen LogP contribution is -2.21. The van der Waals surface area contributed by atoms with E-state index in [9.17, 15) is 4.79 Å². The van der Waals surface area contributed by atoms with Gasteiger partial charge in [0.05, 0.1) is 5.69 Å². The third-order valence-corrected chi connectivity index (χ3v) is 5.33. The molecule has 1 aliphatic heterocycles. The Bertz CT molecular complexity index is 936. The number of para-hydroxylation sites is 1. The van der Waals surface area contributed by atoms with E-state index in [2.05, 4.69) is 26.2 Å². The number of benzene rings is 2. The van der Waals surface area contributed by atoms with Gasteiger partial charge in [0.25, 0.3) is 0 Å². The van der Waals surface area contributed by atoms with Crippen LogP contribution in [-0.2, 0) is 4.79 Å². The first kappa shape index (κ1) is 16.2. The molecule has 1 N–H and O–H groups in total. The van der Waals surface area contributed by atoms with Gasteiger partial charge in [0, 0.05) is 10.0 Å². The van der Waals surface area contributed by atoms with Crippen LogP contribution in [0.5, 0.6) is 0 Å². The number of furan rings is 1. The molecule has 1 fully saturated rings. The monoisotopic (exact) mass is 412 g/mol. The van der Waals surface area contributed by atoms with Crippen LogP contribution < -0.4 is 5.32 Å². The van der Waals surface area contributed by atoms with E-state index >= 15 is 0 Å². The quantitative estimate of drug-likeness (QED) is 0.634. The number of halogens is 1. The van der Waals surface area contributed by atoms with Gasteiger partial charge >= 0.3 is 0 Å². The highest BCUT2D eigenvalue weighted by molar-refractivity contribution is 9.10. The third-order valence-electron chi connectivity index (χ3n) is 3.70. The van der Waals surface area contributed by atoms with Crippen molar-refractivity contribution in [1.29, 1.82) is 0 Å². The first-order chi connectivity index (χ1) is 12.2. The van der Waals surface area contributed by atoms with Crippen molar-refractivity contribution in [2.45, 2.75) is 5.25 Å². The lowest BCUT2D eigenvalue weighted by atomic mass is 10.2. The average Bonchev–Trinajstić information content (AvgIpc) is 3.23. The van der Waals surface area contributed by atoms with E-state index < -0.39 is 5.25 Å². The first-order valence-corrected chi connectivity index (χ1v) is 9.33. The standard InChI is InChI=1S/C19H13BrN2O2S/c20-13-8-6-12(7-9-13)15-10-11-16(24-15)17-18(23)22-19(25-17)21-14-4-2-1-3-5-14/h1-11,17H,(H,21,22,23)/t17-/m0/s1. The maximum Gasteiger partial charge on any atom is 0.247 e. The van der Waals surface area contributed by atoms with Crippen molar-refractivity contribution in [3.05, 3.63) is 77.0 Å². The Morgan fingerprint density at radius 2 is 1.76 bits per heavy atom. The summed E-state index contributed by atoms with van der Waals surface area (Å²) in [5.41, 5.74) is 1.77. The van der Waals surface area contributed by atoms with Crippen LogP contribution in [-0.4, -0.2) is 11.1 Å². The van der Waals surface area contributed by atoms with Crippen molar-refractivity contribution in [2.75, 3.05) is 0 Å². The third kappa shape index (κ3) is 3.55. The summed E-state index contributed by atoms with van der Waals surface area (Å²) in [4.78, 5) is 16.7. The Kier molecular flexibility index (Phi) is 4.46. The van der Waals surface area contributed by atoms with Gasteiger partial charge in [-0.25, -0.2) is 4.99 Å². The molecule has 1 amide bonds. The van der Waals surface area contributed by atoms with Gasteiger partial charge in [0.15, 0.2) is 5.17 Å². The van der Waals surface area contributed by atoms with Gasteiger partial charge in [-0.2, -0.15) is 0 Å². The molecule has 25 heavy (non-hydrogen) atoms. The molecule has 0 spiro atoms. The van der Waals surface area contributed by atoms with Crippen LogP contribution in [0.1, 0.15) is 11.0 Å². The lowest BCUT2D eigenvalue weighted by molar-refractivity contribution is -0.119. The number of hydrogen-bond acceptors (Lipinski definition) is 4. The van der Waals surface area contributed by atoms with Crippen LogP contribution >= 0.6 is 27.7 Å². The van der Waals surface area contributed by atoms with Crippen molar-refractivity contribution in [3.8, 4) is 11.3 Å². The Labute approximate surface area is 157 Å². The Hall–Kier alpha value is -2.31. The second-order valence-electron chi connectivity index (χ2n) is 5.45. The molecule has 2 aromatic carbocycles. The number of aliphatic imine (C=N–C) groups is 1. The molecule has 1 atom stereocenters. The maximum atomic E-state index is 12.3. The zero-order valence-electron chi connectivity index (χ0n) is 13.0. The zero-order valence-corrected chi connectivity index (χ0v) is 15.4. The second kappa shape index (κ2) is 6.90. The fourth-order valence-corrected chi connectivity index (χ4v) is 3.70. The van der Waals surface area contributed by atoms with Crippen molar-refractivity contribution >= 4 is 44.5 Å². The number of amidine groups is 1. The predicted octanol–water partition coefficient (Wildman–Crippen LogP) is 5.30. The zero-order chi connectivity index (χ0) is 17.2. The molecule has 1 aliphatic rings. The van der Waals surface area contributed by atoms with E-state index in [0.29, 0.717) is 10.9 Å². The van der Waals surface area contributed by atoms with Crippen LogP contribution in [0.15, 0.2) is 80.6 Å². The van der Waals surface area contributed by atoms with E-state index in [1.54, 1.807) is 0 Å². The minimum atomic E-state index is -0.424. The summed E-state index contributed by atoms with van der Waals surface area (Å²) in [6.45, 7) is 0. The molecule has 4 rings (SSSR count). The van der Waals surface area contributed by atoms with Crippen molar-refractivity contribution < 1.29 is 9.21 Å². The summed E-state index contributed by atoms with van der Waals surface area (Å²) < 4.78 is 6.92. The average molecular weight is 413 g/mol. The van der Waals surface area contributed by atoms with E-state index in [1.807, 2.05) is 66.7 Å². The highest BCUT2D eigenvalue weighted by atomic mass is 79.9. The van der Waals surface area contributed by atoms with Gasteiger partial charge in [-0.05, 0) is 36.4 Å². The molecular formula is C19H13BrN2O2S. The molecule has 2 heterocycles. The van der Waals surface area contributed by atoms with Crippen molar-refractivity contribution in [3.63, 3.8) is 0 Å². The Morgan fingerprint density at radius 1 is 1.00 bits per heavy atom. The van der Waals surface area contributed by atoms with Crippen LogP contribution in [0.2, 0.25) is 0 Å². The first-order valence-electron chi connectivity index (χ1n) is 7.66. The van der Waals surface area contributed by atoms with Gasteiger partial charge in [-0.3, -0.25) is 4.79 Å². The number of carbonyl (C=O) groups is 1. The minimum absolute atomic E-state index is 0.114. The normalized spacial score (nSPS) is 18.5. The fourth-order valence-electron chi connectivity index (χ4n) is 2.49. The summed E-state index contributed by atoms with van der Waals surface area (Å²) in [6.07, 6.45) is 0. The van der Waals surface area contributed by atoms with E-state index in [-0.39, 0.29) is 5.91 Å². The maximum absolute atomic E-state index is 12.3. The minimum Gasteiger partial charge on any atom is -0.459 e. The molecule has 0 radical (unpaired) electrons. The van der Waals surface area contributed by atoms with Gasteiger partial charge in [-0.1, -0.05) is 58.0 Å².